The predicted molar refractivity (Wildman–Crippen MR) is 181 cm³/mol. The highest BCUT2D eigenvalue weighted by atomic mass is 16.4. The summed E-state index contributed by atoms with van der Waals surface area (Å²) in [6.07, 6.45) is -1.07. The molecule has 0 unspecified atom stereocenters. The lowest BCUT2D eigenvalue weighted by Crippen LogP contribution is -2.61. The Kier molecular flexibility index (Phi) is 20.7. The average Bonchev–Trinajstić information content (AvgIpc) is 3.02. The van der Waals surface area contributed by atoms with Gasteiger partial charge >= 0.3 is 11.9 Å². The Hall–Kier alpha value is -4.81. The number of primary amides is 1. The lowest BCUT2D eigenvalue weighted by atomic mass is 9.96. The van der Waals surface area contributed by atoms with E-state index in [-0.39, 0.29) is 25.2 Å². The molecule has 0 saturated heterocycles. The molecule has 0 spiro atoms. The summed E-state index contributed by atoms with van der Waals surface area (Å²) in [5.41, 5.74) is 5.26. The van der Waals surface area contributed by atoms with E-state index in [2.05, 4.69) is 31.9 Å². The third-order valence-electron chi connectivity index (χ3n) is 7.83. The van der Waals surface area contributed by atoms with Crippen molar-refractivity contribution in [1.29, 1.82) is 0 Å². The van der Waals surface area contributed by atoms with Gasteiger partial charge in [-0.05, 0) is 37.0 Å². The minimum absolute atomic E-state index is 0.0766. The van der Waals surface area contributed by atoms with Crippen molar-refractivity contribution in [2.45, 2.75) is 123 Å². The smallest absolute Gasteiger partial charge is 0.326 e. The fourth-order valence-electron chi connectivity index (χ4n) is 4.76. The third kappa shape index (κ3) is 17.6. The van der Waals surface area contributed by atoms with Crippen molar-refractivity contribution in [2.24, 2.45) is 23.5 Å². The standard InChI is InChI=1S/C32H55N7O12/c1-8-17(6)26(39-28(46)19(34-18(7)41)10-12-24(43)44)31(49)35-20(9-11-23(33)42)27(45)37-22(14-40)30(48)36-21(13-15(2)3)29(47)38-25(16(4)5)32(50)51/h15-17,19-22,25-26,40H,8-14H2,1-7H3,(H2,33,42)(H,34,41)(H,35,49)(H,36,48)(H,37,45)(H,38,47)(H,39,46)(H,43,44)(H,50,51)/t17-,19+,20+,21+,22+,25+,26+/m1/s1. The van der Waals surface area contributed by atoms with Crippen molar-refractivity contribution >= 4 is 53.3 Å². The van der Waals surface area contributed by atoms with Crippen LogP contribution in [0, 0.1) is 17.8 Å². The van der Waals surface area contributed by atoms with Crippen LogP contribution in [0.25, 0.3) is 0 Å². The van der Waals surface area contributed by atoms with Crippen LogP contribution >= 0.6 is 0 Å². The van der Waals surface area contributed by atoms with Crippen LogP contribution in [0.5, 0.6) is 0 Å². The topological polar surface area (TPSA) is 313 Å². The Bertz CT molecular complexity index is 1260. The molecule has 0 fully saturated rings. The maximum Gasteiger partial charge on any atom is 0.326 e. The van der Waals surface area contributed by atoms with E-state index in [1.165, 1.54) is 0 Å². The molecule has 0 bridgehead atoms. The summed E-state index contributed by atoms with van der Waals surface area (Å²) in [6, 6.07) is -8.28. The van der Waals surface area contributed by atoms with Crippen LogP contribution in [0.3, 0.4) is 0 Å². The number of hydrogen-bond acceptors (Lipinski definition) is 10. The lowest BCUT2D eigenvalue weighted by Gasteiger charge is -2.29. The molecular weight excluding hydrogens is 674 g/mol. The van der Waals surface area contributed by atoms with Gasteiger partial charge in [0, 0.05) is 19.8 Å². The molecule has 7 amide bonds. The van der Waals surface area contributed by atoms with Crippen molar-refractivity contribution in [3.8, 4) is 0 Å². The molecule has 0 aliphatic heterocycles. The highest BCUT2D eigenvalue weighted by Gasteiger charge is 2.35. The number of carboxylic acids is 2. The van der Waals surface area contributed by atoms with E-state index in [1.54, 1.807) is 41.5 Å². The van der Waals surface area contributed by atoms with Gasteiger partial charge in [-0.2, -0.15) is 0 Å². The number of aliphatic carboxylic acids is 2. The van der Waals surface area contributed by atoms with Gasteiger partial charge in [0.05, 0.1) is 6.61 Å². The number of nitrogens with two attached hydrogens (primary N) is 1. The van der Waals surface area contributed by atoms with Crippen molar-refractivity contribution in [2.75, 3.05) is 6.61 Å². The van der Waals surface area contributed by atoms with Crippen LogP contribution < -0.4 is 37.6 Å². The summed E-state index contributed by atoms with van der Waals surface area (Å²) in [4.78, 5) is 112. The average molecular weight is 730 g/mol. The van der Waals surface area contributed by atoms with Crippen LogP contribution in [-0.4, -0.2) is 111 Å². The number of carbonyl (C=O) groups excluding carboxylic acids is 7. The largest absolute Gasteiger partial charge is 0.481 e. The van der Waals surface area contributed by atoms with E-state index >= 15 is 0 Å². The molecule has 0 aliphatic rings. The Morgan fingerprint density at radius 2 is 1.06 bits per heavy atom. The molecule has 0 aromatic rings. The van der Waals surface area contributed by atoms with Crippen molar-refractivity contribution in [1.82, 2.24) is 31.9 Å². The van der Waals surface area contributed by atoms with Gasteiger partial charge in [0.25, 0.3) is 0 Å². The maximum atomic E-state index is 13.5. The van der Waals surface area contributed by atoms with E-state index in [0.29, 0.717) is 6.42 Å². The summed E-state index contributed by atoms with van der Waals surface area (Å²) >= 11 is 0. The van der Waals surface area contributed by atoms with Crippen molar-refractivity contribution < 1.29 is 58.5 Å². The SMILES string of the molecule is CC[C@@H](C)[C@H](NC(=O)[C@H](CCC(=O)O)NC(C)=O)C(=O)N[C@@H](CCC(N)=O)C(=O)N[C@@H](CO)C(=O)N[C@@H](CC(C)C)C(=O)N[C@H](C(=O)O)C(C)C. The second kappa shape index (κ2) is 22.8. The molecular formula is C32H55N7O12. The van der Waals surface area contributed by atoms with Crippen LogP contribution in [-0.2, 0) is 43.2 Å². The molecule has 0 radical (unpaired) electrons. The van der Waals surface area contributed by atoms with Crippen LogP contribution in [0.4, 0.5) is 0 Å². The monoisotopic (exact) mass is 729 g/mol. The fraction of sp³-hybridized carbons (Fsp3) is 0.719. The van der Waals surface area contributed by atoms with Gasteiger partial charge in [-0.25, -0.2) is 4.79 Å². The van der Waals surface area contributed by atoms with E-state index in [9.17, 15) is 53.4 Å². The molecule has 0 aliphatic carbocycles. The van der Waals surface area contributed by atoms with Gasteiger partial charge in [-0.1, -0.05) is 48.0 Å². The fourth-order valence-corrected chi connectivity index (χ4v) is 4.76. The summed E-state index contributed by atoms with van der Waals surface area (Å²) in [5.74, 6) is -9.70. The Balaban J connectivity index is 6.15. The quantitative estimate of drug-likeness (QED) is 0.0510. The molecule has 290 valence electrons. The minimum atomic E-state index is -1.66. The summed E-state index contributed by atoms with van der Waals surface area (Å²) in [5, 5.41) is 42.9. The van der Waals surface area contributed by atoms with Crippen molar-refractivity contribution in [3.63, 3.8) is 0 Å². The zero-order valence-electron chi connectivity index (χ0n) is 30.2. The van der Waals surface area contributed by atoms with E-state index in [1.807, 2.05) is 0 Å². The van der Waals surface area contributed by atoms with Gasteiger partial charge in [0.2, 0.25) is 41.4 Å². The Labute approximate surface area is 297 Å². The summed E-state index contributed by atoms with van der Waals surface area (Å²) in [6.45, 7) is 10.2. The van der Waals surface area contributed by atoms with Gasteiger partial charge in [0.15, 0.2) is 0 Å². The van der Waals surface area contributed by atoms with Crippen molar-refractivity contribution in [3.05, 3.63) is 0 Å². The van der Waals surface area contributed by atoms with E-state index in [0.717, 1.165) is 6.92 Å². The van der Waals surface area contributed by atoms with Gasteiger partial charge in [-0.15, -0.1) is 0 Å². The molecule has 7 atom stereocenters. The summed E-state index contributed by atoms with van der Waals surface area (Å²) < 4.78 is 0. The molecule has 0 heterocycles. The second-order valence-electron chi connectivity index (χ2n) is 13.1. The Morgan fingerprint density at radius 3 is 1.51 bits per heavy atom. The minimum Gasteiger partial charge on any atom is -0.481 e. The van der Waals surface area contributed by atoms with E-state index < -0.39 is 121 Å². The number of amides is 7. The molecule has 0 aromatic carbocycles. The van der Waals surface area contributed by atoms with Gasteiger partial charge < -0.3 is 53.0 Å². The normalized spacial score (nSPS) is 15.2. The van der Waals surface area contributed by atoms with Gasteiger partial charge in [0.1, 0.15) is 36.3 Å². The van der Waals surface area contributed by atoms with E-state index in [4.69, 9.17) is 10.8 Å². The molecule has 0 rings (SSSR count). The Morgan fingerprint density at radius 1 is 0.608 bits per heavy atom. The molecule has 11 N–H and O–H groups in total. The number of aliphatic hydroxyl groups is 1. The third-order valence-corrected chi connectivity index (χ3v) is 7.83. The highest BCUT2D eigenvalue weighted by Crippen LogP contribution is 2.12. The first-order chi connectivity index (χ1) is 23.6. The predicted octanol–water partition coefficient (Wildman–Crippen LogP) is -2.13. The lowest BCUT2D eigenvalue weighted by molar-refractivity contribution is -0.143. The zero-order chi connectivity index (χ0) is 39.6. The first kappa shape index (κ1) is 46.2. The number of carboxylic acid groups (broad SMARTS) is 2. The van der Waals surface area contributed by atoms with Crippen LogP contribution in [0.15, 0.2) is 0 Å². The molecule has 0 saturated carbocycles. The van der Waals surface area contributed by atoms with Crippen LogP contribution in [0.1, 0.15) is 87.0 Å². The van der Waals surface area contributed by atoms with Gasteiger partial charge in [-0.3, -0.25) is 38.4 Å². The second-order valence-corrected chi connectivity index (χ2v) is 13.1. The first-order valence-corrected chi connectivity index (χ1v) is 16.8. The first-order valence-electron chi connectivity index (χ1n) is 16.8. The maximum absolute atomic E-state index is 13.5. The molecule has 51 heavy (non-hydrogen) atoms. The highest BCUT2D eigenvalue weighted by molar-refractivity contribution is 5.97. The van der Waals surface area contributed by atoms with Crippen LogP contribution in [0.2, 0.25) is 0 Å². The molecule has 19 nitrogen and oxygen atoms in total. The number of aliphatic hydroxyl groups excluding tert-OH is 1. The number of nitrogens with one attached hydrogen (secondary N) is 6. The summed E-state index contributed by atoms with van der Waals surface area (Å²) in [7, 11) is 0. The molecule has 0 aromatic heterocycles. The zero-order valence-corrected chi connectivity index (χ0v) is 30.2. The number of carbonyl (C=O) groups is 9. The number of hydrogen-bond donors (Lipinski definition) is 10. The molecule has 19 heteroatoms. The number of rotatable bonds is 24.